The standard InChI is InChI=1S/C14H16N4O3/c19-14(13-9-20-10-17-13)18-5-4-16-6-11(18)8-21-12-2-1-3-15-7-12/h1-3,7,9-11,16H,4-6,8H2. The van der Waals surface area contributed by atoms with E-state index in [2.05, 4.69) is 15.3 Å². The third-order valence-electron chi connectivity index (χ3n) is 3.34. The van der Waals surface area contributed by atoms with Crippen LogP contribution in [0.5, 0.6) is 5.75 Å². The average molecular weight is 288 g/mol. The Morgan fingerprint density at radius 1 is 1.57 bits per heavy atom. The molecule has 0 spiro atoms. The minimum Gasteiger partial charge on any atom is -0.490 e. The highest BCUT2D eigenvalue weighted by Gasteiger charge is 2.29. The van der Waals surface area contributed by atoms with Crippen molar-refractivity contribution in [3.05, 3.63) is 42.9 Å². The first kappa shape index (κ1) is 13.6. The summed E-state index contributed by atoms with van der Waals surface area (Å²) >= 11 is 0. The molecule has 1 aliphatic rings. The van der Waals surface area contributed by atoms with E-state index in [0.29, 0.717) is 31.1 Å². The number of pyridine rings is 1. The number of hydrogen-bond acceptors (Lipinski definition) is 6. The lowest BCUT2D eigenvalue weighted by Crippen LogP contribution is -2.56. The van der Waals surface area contributed by atoms with Gasteiger partial charge in [-0.1, -0.05) is 0 Å². The molecule has 0 saturated carbocycles. The van der Waals surface area contributed by atoms with Gasteiger partial charge in [0.2, 0.25) is 0 Å². The Labute approximate surface area is 121 Å². The predicted molar refractivity (Wildman–Crippen MR) is 73.9 cm³/mol. The van der Waals surface area contributed by atoms with Crippen molar-refractivity contribution in [1.29, 1.82) is 0 Å². The van der Waals surface area contributed by atoms with Crippen molar-refractivity contribution in [3.8, 4) is 5.75 Å². The van der Waals surface area contributed by atoms with Crippen LogP contribution in [0.15, 0.2) is 41.6 Å². The van der Waals surface area contributed by atoms with E-state index < -0.39 is 0 Å². The number of ether oxygens (including phenoxy) is 1. The number of piperazine rings is 1. The van der Waals surface area contributed by atoms with Crippen molar-refractivity contribution < 1.29 is 13.9 Å². The third-order valence-corrected chi connectivity index (χ3v) is 3.34. The number of carbonyl (C=O) groups excluding carboxylic acids is 1. The quantitative estimate of drug-likeness (QED) is 0.885. The molecule has 7 nitrogen and oxygen atoms in total. The normalized spacial score (nSPS) is 18.5. The number of oxazole rings is 1. The Balaban J connectivity index is 1.65. The van der Waals surface area contributed by atoms with Gasteiger partial charge in [-0.15, -0.1) is 0 Å². The van der Waals surface area contributed by atoms with Gasteiger partial charge in [-0.25, -0.2) is 4.98 Å². The zero-order valence-electron chi connectivity index (χ0n) is 11.4. The van der Waals surface area contributed by atoms with Gasteiger partial charge in [0.05, 0.1) is 12.2 Å². The lowest BCUT2D eigenvalue weighted by molar-refractivity contribution is 0.0553. The number of hydrogen-bond donors (Lipinski definition) is 1. The van der Waals surface area contributed by atoms with Crippen molar-refractivity contribution in [1.82, 2.24) is 20.2 Å². The van der Waals surface area contributed by atoms with Gasteiger partial charge in [-0.05, 0) is 12.1 Å². The van der Waals surface area contributed by atoms with E-state index in [1.54, 1.807) is 17.3 Å². The van der Waals surface area contributed by atoms with Crippen LogP contribution in [-0.4, -0.2) is 53.1 Å². The van der Waals surface area contributed by atoms with Gasteiger partial charge in [-0.3, -0.25) is 9.78 Å². The molecule has 1 fully saturated rings. The molecule has 7 heteroatoms. The van der Waals surface area contributed by atoms with E-state index in [4.69, 9.17) is 9.15 Å². The van der Waals surface area contributed by atoms with Gasteiger partial charge in [0.15, 0.2) is 12.1 Å². The molecule has 1 atom stereocenters. The molecule has 21 heavy (non-hydrogen) atoms. The molecule has 1 N–H and O–H groups in total. The van der Waals surface area contributed by atoms with Gasteiger partial charge >= 0.3 is 0 Å². The summed E-state index contributed by atoms with van der Waals surface area (Å²) in [5, 5.41) is 3.27. The summed E-state index contributed by atoms with van der Waals surface area (Å²) in [7, 11) is 0. The first-order chi connectivity index (χ1) is 10.3. The summed E-state index contributed by atoms with van der Waals surface area (Å²) in [6.45, 7) is 2.46. The maximum Gasteiger partial charge on any atom is 0.276 e. The van der Waals surface area contributed by atoms with Crippen LogP contribution in [0.3, 0.4) is 0 Å². The van der Waals surface area contributed by atoms with Crippen molar-refractivity contribution >= 4 is 5.91 Å². The minimum atomic E-state index is -0.134. The van der Waals surface area contributed by atoms with E-state index in [0.717, 1.165) is 6.54 Å². The fraction of sp³-hybridized carbons (Fsp3) is 0.357. The maximum absolute atomic E-state index is 12.4. The summed E-state index contributed by atoms with van der Waals surface area (Å²) in [6.07, 6.45) is 5.97. The first-order valence-electron chi connectivity index (χ1n) is 6.77. The van der Waals surface area contributed by atoms with Gasteiger partial charge < -0.3 is 19.4 Å². The molecule has 0 aliphatic carbocycles. The Bertz CT molecular complexity index is 573. The van der Waals surface area contributed by atoms with Gasteiger partial charge in [0.25, 0.3) is 5.91 Å². The van der Waals surface area contributed by atoms with Crippen molar-refractivity contribution in [3.63, 3.8) is 0 Å². The van der Waals surface area contributed by atoms with E-state index >= 15 is 0 Å². The SMILES string of the molecule is O=C(c1cocn1)N1CCNCC1COc1cccnc1. The van der Waals surface area contributed by atoms with Crippen LogP contribution in [0, 0.1) is 0 Å². The first-order valence-corrected chi connectivity index (χ1v) is 6.77. The fourth-order valence-electron chi connectivity index (χ4n) is 2.27. The fourth-order valence-corrected chi connectivity index (χ4v) is 2.27. The van der Waals surface area contributed by atoms with Crippen LogP contribution < -0.4 is 10.1 Å². The second kappa shape index (κ2) is 6.36. The topological polar surface area (TPSA) is 80.5 Å². The van der Waals surface area contributed by atoms with Crippen LogP contribution in [0.25, 0.3) is 0 Å². The number of rotatable bonds is 4. The van der Waals surface area contributed by atoms with E-state index in [9.17, 15) is 4.79 Å². The molecule has 110 valence electrons. The van der Waals surface area contributed by atoms with Crippen molar-refractivity contribution in [2.45, 2.75) is 6.04 Å². The largest absolute Gasteiger partial charge is 0.490 e. The van der Waals surface area contributed by atoms with Crippen LogP contribution >= 0.6 is 0 Å². The van der Waals surface area contributed by atoms with Gasteiger partial charge in [0, 0.05) is 25.8 Å². The van der Waals surface area contributed by atoms with Crippen LogP contribution in [0.4, 0.5) is 0 Å². The number of nitrogens with zero attached hydrogens (tertiary/aromatic N) is 3. The summed E-state index contributed by atoms with van der Waals surface area (Å²) in [4.78, 5) is 22.1. The number of carbonyl (C=O) groups is 1. The van der Waals surface area contributed by atoms with Crippen molar-refractivity contribution in [2.24, 2.45) is 0 Å². The molecular weight excluding hydrogens is 272 g/mol. The molecule has 1 aliphatic heterocycles. The summed E-state index contributed by atoms with van der Waals surface area (Å²) in [5.41, 5.74) is 0.322. The zero-order chi connectivity index (χ0) is 14.5. The van der Waals surface area contributed by atoms with Crippen LogP contribution in [0.1, 0.15) is 10.5 Å². The molecular formula is C14H16N4O3. The summed E-state index contributed by atoms with van der Waals surface area (Å²) < 4.78 is 10.6. The number of aromatic nitrogens is 2. The molecule has 1 amide bonds. The highest BCUT2D eigenvalue weighted by Crippen LogP contribution is 2.12. The zero-order valence-corrected chi connectivity index (χ0v) is 11.4. The Hall–Kier alpha value is -2.41. The second-order valence-electron chi connectivity index (χ2n) is 4.73. The summed E-state index contributed by atoms with van der Waals surface area (Å²) in [5.74, 6) is 0.557. The molecule has 2 aromatic rings. The highest BCUT2D eigenvalue weighted by molar-refractivity contribution is 5.92. The van der Waals surface area contributed by atoms with E-state index in [-0.39, 0.29) is 11.9 Å². The van der Waals surface area contributed by atoms with Crippen molar-refractivity contribution in [2.75, 3.05) is 26.2 Å². The smallest absolute Gasteiger partial charge is 0.276 e. The third kappa shape index (κ3) is 3.19. The van der Waals surface area contributed by atoms with E-state index in [1.807, 2.05) is 12.1 Å². The number of amides is 1. The molecule has 0 bridgehead atoms. The van der Waals surface area contributed by atoms with Gasteiger partial charge in [0.1, 0.15) is 18.6 Å². The molecule has 0 aromatic carbocycles. The van der Waals surface area contributed by atoms with Crippen LogP contribution in [0.2, 0.25) is 0 Å². The molecule has 0 radical (unpaired) electrons. The lowest BCUT2D eigenvalue weighted by atomic mass is 10.2. The average Bonchev–Trinajstić information content (AvgIpc) is 3.08. The molecule has 1 saturated heterocycles. The molecule has 3 rings (SSSR count). The Morgan fingerprint density at radius 2 is 2.52 bits per heavy atom. The minimum absolute atomic E-state index is 0.0526. The predicted octanol–water partition coefficient (Wildman–Crippen LogP) is 0.563. The molecule has 1 unspecified atom stereocenters. The van der Waals surface area contributed by atoms with E-state index in [1.165, 1.54) is 12.7 Å². The Morgan fingerprint density at radius 3 is 3.29 bits per heavy atom. The summed E-state index contributed by atoms with van der Waals surface area (Å²) in [6, 6.07) is 3.60. The molecule has 3 heterocycles. The Kier molecular flexibility index (Phi) is 4.11. The highest BCUT2D eigenvalue weighted by atomic mass is 16.5. The lowest BCUT2D eigenvalue weighted by Gasteiger charge is -2.35. The molecule has 2 aromatic heterocycles. The maximum atomic E-state index is 12.4. The van der Waals surface area contributed by atoms with Crippen LogP contribution in [-0.2, 0) is 0 Å². The van der Waals surface area contributed by atoms with Gasteiger partial charge in [-0.2, -0.15) is 0 Å². The second-order valence-corrected chi connectivity index (χ2v) is 4.73. The number of nitrogens with one attached hydrogen (secondary N) is 1. The monoisotopic (exact) mass is 288 g/mol.